The number of halogens is 3. The Balaban J connectivity index is 2.02. The Morgan fingerprint density at radius 3 is 2.62 bits per heavy atom. The molecule has 26 heavy (non-hydrogen) atoms. The van der Waals surface area contributed by atoms with Gasteiger partial charge < -0.3 is 14.2 Å². The Morgan fingerprint density at radius 2 is 1.92 bits per heavy atom. The number of cyclic esters (lactones) is 1. The summed E-state index contributed by atoms with van der Waals surface area (Å²) in [5.41, 5.74) is -0.0373. The molecule has 0 unspecified atom stereocenters. The zero-order valence-electron chi connectivity index (χ0n) is 13.4. The lowest BCUT2D eigenvalue weighted by molar-refractivity contribution is -0.129. The Kier molecular flexibility index (Phi) is 4.92. The van der Waals surface area contributed by atoms with Crippen LogP contribution in [0, 0.1) is 5.82 Å². The average molecular weight is 363 g/mol. The van der Waals surface area contributed by atoms with Crippen molar-refractivity contribution in [3.05, 3.63) is 65.1 Å². The van der Waals surface area contributed by atoms with Crippen molar-refractivity contribution in [2.24, 2.45) is 4.99 Å². The molecule has 0 N–H and O–H groups in total. The number of benzene rings is 2. The van der Waals surface area contributed by atoms with Gasteiger partial charge >= 0.3 is 12.6 Å². The molecular weight excluding hydrogens is 351 g/mol. The quantitative estimate of drug-likeness (QED) is 0.599. The van der Waals surface area contributed by atoms with Crippen LogP contribution < -0.4 is 9.47 Å². The van der Waals surface area contributed by atoms with Crippen molar-refractivity contribution < 1.29 is 32.2 Å². The Morgan fingerprint density at radius 1 is 1.15 bits per heavy atom. The molecule has 0 radical (unpaired) electrons. The maximum atomic E-state index is 13.8. The minimum atomic E-state index is -3.09. The van der Waals surface area contributed by atoms with Gasteiger partial charge in [0.2, 0.25) is 5.90 Å². The SMILES string of the molecule is COc1cccc(/C=C2\N=C(c3ccccc3F)OC2=O)c1OC(F)F. The van der Waals surface area contributed by atoms with E-state index in [2.05, 4.69) is 9.73 Å². The number of methoxy groups -OCH3 is 1. The van der Waals surface area contributed by atoms with Gasteiger partial charge in [-0.05, 0) is 24.3 Å². The van der Waals surface area contributed by atoms with Crippen LogP contribution in [0.3, 0.4) is 0 Å². The number of aliphatic imine (C=N–C) groups is 1. The van der Waals surface area contributed by atoms with E-state index in [0.29, 0.717) is 0 Å². The van der Waals surface area contributed by atoms with E-state index in [-0.39, 0.29) is 34.2 Å². The molecule has 5 nitrogen and oxygen atoms in total. The first-order chi connectivity index (χ1) is 12.5. The second kappa shape index (κ2) is 7.30. The molecule has 8 heteroatoms. The summed E-state index contributed by atoms with van der Waals surface area (Å²) in [7, 11) is 1.29. The molecule has 0 aliphatic carbocycles. The highest BCUT2D eigenvalue weighted by atomic mass is 19.3. The maximum Gasteiger partial charge on any atom is 0.387 e. The molecule has 3 rings (SSSR count). The molecule has 0 saturated carbocycles. The molecule has 0 spiro atoms. The molecule has 2 aromatic carbocycles. The van der Waals surface area contributed by atoms with E-state index in [1.165, 1.54) is 49.6 Å². The van der Waals surface area contributed by atoms with Gasteiger partial charge in [-0.25, -0.2) is 14.2 Å². The first-order valence-corrected chi connectivity index (χ1v) is 7.39. The molecule has 134 valence electrons. The fourth-order valence-corrected chi connectivity index (χ4v) is 2.33. The molecule has 0 aromatic heterocycles. The van der Waals surface area contributed by atoms with E-state index in [0.717, 1.165) is 0 Å². The van der Waals surface area contributed by atoms with Crippen molar-refractivity contribution in [3.63, 3.8) is 0 Å². The number of ether oxygens (including phenoxy) is 3. The molecule has 0 bridgehead atoms. The van der Waals surface area contributed by atoms with Crippen LogP contribution in [0.15, 0.2) is 53.2 Å². The van der Waals surface area contributed by atoms with Crippen molar-refractivity contribution in [2.75, 3.05) is 7.11 Å². The zero-order chi connectivity index (χ0) is 18.7. The van der Waals surface area contributed by atoms with E-state index in [1.807, 2.05) is 0 Å². The van der Waals surface area contributed by atoms with E-state index in [4.69, 9.17) is 9.47 Å². The fourth-order valence-electron chi connectivity index (χ4n) is 2.33. The smallest absolute Gasteiger partial charge is 0.387 e. The van der Waals surface area contributed by atoms with Gasteiger partial charge in [-0.1, -0.05) is 24.3 Å². The Labute approximate surface area is 146 Å². The van der Waals surface area contributed by atoms with Gasteiger partial charge in [0.1, 0.15) is 5.82 Å². The van der Waals surface area contributed by atoms with Crippen molar-refractivity contribution >= 4 is 17.9 Å². The number of rotatable bonds is 5. The summed E-state index contributed by atoms with van der Waals surface area (Å²) < 4.78 is 53.6. The topological polar surface area (TPSA) is 57.1 Å². The first-order valence-electron chi connectivity index (χ1n) is 7.39. The summed E-state index contributed by atoms with van der Waals surface area (Å²) in [6.45, 7) is -3.09. The number of esters is 1. The highest BCUT2D eigenvalue weighted by Gasteiger charge is 2.26. The van der Waals surface area contributed by atoms with Gasteiger partial charge in [0.15, 0.2) is 17.2 Å². The van der Waals surface area contributed by atoms with Crippen LogP contribution in [-0.2, 0) is 9.53 Å². The van der Waals surface area contributed by atoms with Crippen LogP contribution in [-0.4, -0.2) is 25.6 Å². The summed E-state index contributed by atoms with van der Waals surface area (Å²) in [6.07, 6.45) is 1.20. The summed E-state index contributed by atoms with van der Waals surface area (Å²) in [4.78, 5) is 16.0. The Bertz CT molecular complexity index is 909. The van der Waals surface area contributed by atoms with Crippen LogP contribution in [0.2, 0.25) is 0 Å². The third kappa shape index (κ3) is 3.53. The van der Waals surface area contributed by atoms with E-state index < -0.39 is 18.4 Å². The number of para-hydroxylation sites is 1. The summed E-state index contributed by atoms with van der Waals surface area (Å²) in [5, 5.41) is 0. The van der Waals surface area contributed by atoms with Crippen LogP contribution in [0.1, 0.15) is 11.1 Å². The van der Waals surface area contributed by atoms with Gasteiger partial charge in [0.05, 0.1) is 12.7 Å². The number of carbonyl (C=O) groups is 1. The van der Waals surface area contributed by atoms with Crippen LogP contribution in [0.25, 0.3) is 6.08 Å². The standard InChI is InChI=1S/C18H12F3NO4/c1-24-14-8-4-5-10(15(14)25-18(20)21)9-13-17(23)26-16(22-13)11-6-2-3-7-12(11)19/h2-9,18H,1H3/b13-9-. The van der Waals surface area contributed by atoms with Crippen LogP contribution in [0.5, 0.6) is 11.5 Å². The van der Waals surface area contributed by atoms with Crippen molar-refractivity contribution in [3.8, 4) is 11.5 Å². The summed E-state index contributed by atoms with van der Waals surface area (Å²) >= 11 is 0. The third-order valence-electron chi connectivity index (χ3n) is 3.45. The molecule has 0 amide bonds. The first kappa shape index (κ1) is 17.5. The van der Waals surface area contributed by atoms with Crippen LogP contribution >= 0.6 is 0 Å². The number of carbonyl (C=O) groups excluding carboxylic acids is 1. The van der Waals surface area contributed by atoms with Crippen molar-refractivity contribution in [2.45, 2.75) is 6.61 Å². The van der Waals surface area contributed by atoms with Gasteiger partial charge in [-0.15, -0.1) is 0 Å². The normalized spacial score (nSPS) is 15.2. The number of alkyl halides is 2. The highest BCUT2D eigenvalue weighted by Crippen LogP contribution is 2.34. The van der Waals surface area contributed by atoms with Gasteiger partial charge in [0.25, 0.3) is 0 Å². The predicted molar refractivity (Wildman–Crippen MR) is 86.6 cm³/mol. The van der Waals surface area contributed by atoms with Gasteiger partial charge in [-0.2, -0.15) is 8.78 Å². The third-order valence-corrected chi connectivity index (χ3v) is 3.45. The zero-order valence-corrected chi connectivity index (χ0v) is 13.4. The average Bonchev–Trinajstić information content (AvgIpc) is 2.97. The Hall–Kier alpha value is -3.29. The molecule has 2 aromatic rings. The van der Waals surface area contributed by atoms with E-state index in [9.17, 15) is 18.0 Å². The lowest BCUT2D eigenvalue weighted by Gasteiger charge is -2.12. The van der Waals surface area contributed by atoms with Crippen molar-refractivity contribution in [1.29, 1.82) is 0 Å². The fraction of sp³-hybridized carbons (Fsp3) is 0.111. The summed E-state index contributed by atoms with van der Waals surface area (Å²) in [6, 6.07) is 10.1. The lowest BCUT2D eigenvalue weighted by Crippen LogP contribution is -2.07. The molecule has 0 saturated heterocycles. The predicted octanol–water partition coefficient (Wildman–Crippen LogP) is 3.78. The maximum absolute atomic E-state index is 13.8. The molecular formula is C18H12F3NO4. The lowest BCUT2D eigenvalue weighted by atomic mass is 10.1. The number of hydrogen-bond donors (Lipinski definition) is 0. The number of hydrogen-bond acceptors (Lipinski definition) is 5. The molecule has 1 aliphatic rings. The van der Waals surface area contributed by atoms with E-state index >= 15 is 0 Å². The second-order valence-corrected chi connectivity index (χ2v) is 5.07. The monoisotopic (exact) mass is 363 g/mol. The molecule has 1 aliphatic heterocycles. The van der Waals surface area contributed by atoms with Gasteiger partial charge in [-0.3, -0.25) is 0 Å². The second-order valence-electron chi connectivity index (χ2n) is 5.07. The van der Waals surface area contributed by atoms with E-state index in [1.54, 1.807) is 6.07 Å². The largest absolute Gasteiger partial charge is 0.493 e. The van der Waals surface area contributed by atoms with Gasteiger partial charge in [0, 0.05) is 5.56 Å². The molecule has 1 heterocycles. The molecule has 0 atom stereocenters. The highest BCUT2D eigenvalue weighted by molar-refractivity contribution is 6.13. The minimum absolute atomic E-state index is 0.0129. The van der Waals surface area contributed by atoms with Crippen molar-refractivity contribution in [1.82, 2.24) is 0 Å². The minimum Gasteiger partial charge on any atom is -0.493 e. The van der Waals surface area contributed by atoms with Crippen LogP contribution in [0.4, 0.5) is 13.2 Å². The summed E-state index contributed by atoms with van der Waals surface area (Å²) in [5.74, 6) is -1.85. The number of nitrogens with zero attached hydrogens (tertiary/aromatic N) is 1. The molecule has 0 fully saturated rings.